The maximum atomic E-state index is 13.1. The minimum Gasteiger partial charge on any atom is -0.383 e. The molecule has 2 aromatic heterocycles. The van der Waals surface area contributed by atoms with E-state index in [1.807, 2.05) is 40.6 Å². The summed E-state index contributed by atoms with van der Waals surface area (Å²) in [6.07, 6.45) is 0.893. The summed E-state index contributed by atoms with van der Waals surface area (Å²) in [5.41, 5.74) is 4.90. The lowest BCUT2D eigenvalue weighted by Gasteiger charge is -2.15. The third kappa shape index (κ3) is 3.14. The van der Waals surface area contributed by atoms with Gasteiger partial charge in [-0.3, -0.25) is 4.79 Å². The molecular weight excluding hydrogens is 382 g/mol. The minimum absolute atomic E-state index is 0.0306. The molecule has 0 atom stereocenters. The van der Waals surface area contributed by atoms with Gasteiger partial charge in [-0.1, -0.05) is 36.4 Å². The second-order valence-electron chi connectivity index (χ2n) is 7.11. The zero-order valence-electron chi connectivity index (χ0n) is 16.2. The highest BCUT2D eigenvalue weighted by molar-refractivity contribution is 7.13. The molecule has 4 aromatic rings. The van der Waals surface area contributed by atoms with Crippen LogP contribution in [0.3, 0.4) is 0 Å². The van der Waals surface area contributed by atoms with E-state index in [0.29, 0.717) is 18.8 Å². The number of carbonyl (C=O) groups is 1. The van der Waals surface area contributed by atoms with Gasteiger partial charge in [0.15, 0.2) is 0 Å². The number of fused-ring (bicyclic) bond motifs is 2. The molecule has 0 fully saturated rings. The van der Waals surface area contributed by atoms with Crippen LogP contribution in [0.1, 0.15) is 16.1 Å². The summed E-state index contributed by atoms with van der Waals surface area (Å²) in [5.74, 6) is -0.0306. The summed E-state index contributed by atoms with van der Waals surface area (Å²) < 4.78 is 7.52. The molecule has 1 aliphatic rings. The second kappa shape index (κ2) is 7.46. The molecule has 0 saturated carbocycles. The van der Waals surface area contributed by atoms with Gasteiger partial charge in [-0.05, 0) is 30.2 Å². The van der Waals surface area contributed by atoms with Crippen LogP contribution in [0.25, 0.3) is 21.6 Å². The quantitative estimate of drug-likeness (QED) is 0.489. The number of anilines is 1. The van der Waals surface area contributed by atoms with E-state index in [2.05, 4.69) is 28.8 Å². The molecule has 6 heteroatoms. The third-order valence-electron chi connectivity index (χ3n) is 5.40. The molecule has 0 unspecified atom stereocenters. The number of carbonyl (C=O) groups excluding carboxylic acids is 1. The zero-order chi connectivity index (χ0) is 19.8. The molecule has 0 bridgehead atoms. The van der Waals surface area contributed by atoms with Crippen LogP contribution < -0.4 is 4.90 Å². The molecule has 0 radical (unpaired) electrons. The average molecular weight is 404 g/mol. The van der Waals surface area contributed by atoms with Crippen molar-refractivity contribution in [2.75, 3.05) is 25.2 Å². The Morgan fingerprint density at radius 3 is 2.90 bits per heavy atom. The Kier molecular flexibility index (Phi) is 4.66. The fourth-order valence-corrected chi connectivity index (χ4v) is 4.81. The molecule has 146 valence electrons. The summed E-state index contributed by atoms with van der Waals surface area (Å²) in [6, 6.07) is 18.5. The molecule has 5 rings (SSSR count). The van der Waals surface area contributed by atoms with Gasteiger partial charge in [0, 0.05) is 42.2 Å². The number of nitrogens with zero attached hydrogens (tertiary/aromatic N) is 3. The largest absolute Gasteiger partial charge is 0.383 e. The van der Waals surface area contributed by atoms with Crippen LogP contribution in [0, 0.1) is 0 Å². The van der Waals surface area contributed by atoms with Crippen molar-refractivity contribution in [2.24, 2.45) is 0 Å². The van der Waals surface area contributed by atoms with Crippen molar-refractivity contribution in [1.82, 2.24) is 9.55 Å². The Labute approximate surface area is 173 Å². The van der Waals surface area contributed by atoms with Crippen LogP contribution in [-0.2, 0) is 17.7 Å². The smallest absolute Gasteiger partial charge is 0.277 e. The number of para-hydroxylation sites is 2. The van der Waals surface area contributed by atoms with Gasteiger partial charge >= 0.3 is 0 Å². The van der Waals surface area contributed by atoms with Crippen molar-refractivity contribution in [3.8, 4) is 10.7 Å². The number of ether oxygens (including phenoxy) is 1. The summed E-state index contributed by atoms with van der Waals surface area (Å²) in [6.45, 7) is 2.06. The summed E-state index contributed by atoms with van der Waals surface area (Å²) >= 11 is 1.51. The van der Waals surface area contributed by atoms with Gasteiger partial charge in [-0.25, -0.2) is 4.98 Å². The van der Waals surface area contributed by atoms with Crippen LogP contribution in [0.2, 0.25) is 0 Å². The lowest BCUT2D eigenvalue weighted by atomic mass is 10.2. The number of thiazole rings is 1. The Morgan fingerprint density at radius 1 is 1.17 bits per heavy atom. The highest BCUT2D eigenvalue weighted by atomic mass is 32.1. The number of amides is 1. The van der Waals surface area contributed by atoms with Crippen molar-refractivity contribution >= 4 is 33.8 Å². The van der Waals surface area contributed by atoms with Gasteiger partial charge < -0.3 is 14.2 Å². The standard InChI is InChI=1S/C23H21N3O2S/c1-28-13-12-25-20-9-5-3-7-17(20)14-21(25)22-24-18(15-29-22)23(27)26-11-10-16-6-2-4-8-19(16)26/h2-9,14-15H,10-13H2,1H3. The van der Waals surface area contributed by atoms with Crippen molar-refractivity contribution < 1.29 is 9.53 Å². The van der Waals surface area contributed by atoms with E-state index < -0.39 is 0 Å². The zero-order valence-corrected chi connectivity index (χ0v) is 17.0. The van der Waals surface area contributed by atoms with Gasteiger partial charge in [0.1, 0.15) is 10.7 Å². The topological polar surface area (TPSA) is 47.4 Å². The fourth-order valence-electron chi connectivity index (χ4n) is 3.99. The van der Waals surface area contributed by atoms with E-state index in [4.69, 9.17) is 9.72 Å². The van der Waals surface area contributed by atoms with E-state index in [9.17, 15) is 4.79 Å². The van der Waals surface area contributed by atoms with E-state index in [-0.39, 0.29) is 5.91 Å². The van der Waals surface area contributed by atoms with Crippen molar-refractivity contribution in [3.05, 3.63) is 71.2 Å². The van der Waals surface area contributed by atoms with Crippen LogP contribution in [0.5, 0.6) is 0 Å². The monoisotopic (exact) mass is 403 g/mol. The first-order valence-corrected chi connectivity index (χ1v) is 10.6. The van der Waals surface area contributed by atoms with E-state index in [0.717, 1.165) is 40.3 Å². The van der Waals surface area contributed by atoms with Gasteiger partial charge in [-0.2, -0.15) is 0 Å². The van der Waals surface area contributed by atoms with Crippen LogP contribution in [0.4, 0.5) is 5.69 Å². The molecule has 0 aliphatic carbocycles. The lowest BCUT2D eigenvalue weighted by Crippen LogP contribution is -2.29. The number of rotatable bonds is 5. The molecule has 0 saturated heterocycles. The summed E-state index contributed by atoms with van der Waals surface area (Å²) in [4.78, 5) is 19.7. The molecule has 1 amide bonds. The first-order chi connectivity index (χ1) is 14.3. The molecular formula is C23H21N3O2S. The Hall–Kier alpha value is -2.96. The van der Waals surface area contributed by atoms with Crippen molar-refractivity contribution in [3.63, 3.8) is 0 Å². The second-order valence-corrected chi connectivity index (χ2v) is 7.96. The maximum Gasteiger partial charge on any atom is 0.277 e. The molecule has 2 aromatic carbocycles. The summed E-state index contributed by atoms with van der Waals surface area (Å²) in [7, 11) is 1.71. The fraction of sp³-hybridized carbons (Fsp3) is 0.217. The first kappa shape index (κ1) is 18.1. The Morgan fingerprint density at radius 2 is 2.00 bits per heavy atom. The van der Waals surface area contributed by atoms with E-state index in [1.54, 1.807) is 7.11 Å². The molecule has 5 nitrogen and oxygen atoms in total. The van der Waals surface area contributed by atoms with E-state index in [1.165, 1.54) is 16.9 Å². The maximum absolute atomic E-state index is 13.1. The van der Waals surface area contributed by atoms with Gasteiger partial charge in [0.05, 0.1) is 12.3 Å². The molecule has 29 heavy (non-hydrogen) atoms. The predicted molar refractivity (Wildman–Crippen MR) is 117 cm³/mol. The van der Waals surface area contributed by atoms with Crippen LogP contribution >= 0.6 is 11.3 Å². The molecule has 1 aliphatic heterocycles. The Balaban J connectivity index is 1.50. The van der Waals surface area contributed by atoms with Gasteiger partial charge in [0.2, 0.25) is 0 Å². The van der Waals surface area contributed by atoms with E-state index >= 15 is 0 Å². The van der Waals surface area contributed by atoms with Crippen molar-refractivity contribution in [1.29, 1.82) is 0 Å². The number of hydrogen-bond acceptors (Lipinski definition) is 4. The predicted octanol–water partition coefficient (Wildman–Crippen LogP) is 4.61. The minimum atomic E-state index is -0.0306. The number of methoxy groups -OCH3 is 1. The van der Waals surface area contributed by atoms with Gasteiger partial charge in [0.25, 0.3) is 5.91 Å². The van der Waals surface area contributed by atoms with Crippen LogP contribution in [-0.4, -0.2) is 35.7 Å². The SMILES string of the molecule is COCCn1c(-c2nc(C(=O)N3CCc4ccccc43)cs2)cc2ccccc21. The Bertz CT molecular complexity index is 1190. The molecule has 0 N–H and O–H groups in total. The average Bonchev–Trinajstić information content (AvgIpc) is 3.48. The normalized spacial score (nSPS) is 13.2. The molecule has 0 spiro atoms. The van der Waals surface area contributed by atoms with Gasteiger partial charge in [-0.15, -0.1) is 11.3 Å². The third-order valence-corrected chi connectivity index (χ3v) is 6.27. The van der Waals surface area contributed by atoms with Crippen LogP contribution in [0.15, 0.2) is 60.0 Å². The lowest BCUT2D eigenvalue weighted by molar-refractivity contribution is 0.0985. The number of aromatic nitrogens is 2. The molecule has 3 heterocycles. The number of benzene rings is 2. The highest BCUT2D eigenvalue weighted by Gasteiger charge is 2.27. The highest BCUT2D eigenvalue weighted by Crippen LogP contribution is 2.33. The first-order valence-electron chi connectivity index (χ1n) is 9.69. The number of hydrogen-bond donors (Lipinski definition) is 0. The van der Waals surface area contributed by atoms with Crippen molar-refractivity contribution in [2.45, 2.75) is 13.0 Å². The summed E-state index contributed by atoms with van der Waals surface area (Å²) in [5, 5.41) is 3.89.